The molecule has 1 heterocycles. The van der Waals surface area contributed by atoms with Gasteiger partial charge in [0.05, 0.1) is 17.7 Å². The average molecular weight is 203 g/mol. The molecule has 0 radical (unpaired) electrons. The molecule has 1 aromatic rings. The molecular formula is C12H17N3. The summed E-state index contributed by atoms with van der Waals surface area (Å²) in [7, 11) is 2.02. The zero-order valence-electron chi connectivity index (χ0n) is 9.35. The number of rotatable bonds is 5. The van der Waals surface area contributed by atoms with Crippen LogP contribution < -0.4 is 0 Å². The molecule has 0 N–H and O–H groups in total. The second kappa shape index (κ2) is 6.15. The maximum absolute atomic E-state index is 8.85. The molecule has 80 valence electrons. The first-order valence-electron chi connectivity index (χ1n) is 5.24. The molecule has 1 unspecified atom stereocenters. The molecule has 0 fully saturated rings. The van der Waals surface area contributed by atoms with E-state index in [1.807, 2.05) is 32.2 Å². The lowest BCUT2D eigenvalue weighted by molar-refractivity contribution is 0.289. The maximum atomic E-state index is 8.85. The maximum Gasteiger partial charge on any atom is 0.0669 e. The first kappa shape index (κ1) is 11.7. The standard InChI is InChI=1S/C12H17N3/c1-3-11(8-13)9-15(2)10-12-6-4-5-7-14-12/h4-7,11H,3,9-10H2,1-2H3. The minimum Gasteiger partial charge on any atom is -0.299 e. The Morgan fingerprint density at radius 3 is 2.87 bits per heavy atom. The largest absolute Gasteiger partial charge is 0.299 e. The number of nitriles is 1. The van der Waals surface area contributed by atoms with Crippen LogP contribution in [-0.4, -0.2) is 23.5 Å². The summed E-state index contributed by atoms with van der Waals surface area (Å²) in [5.41, 5.74) is 1.05. The zero-order valence-corrected chi connectivity index (χ0v) is 9.35. The highest BCUT2D eigenvalue weighted by molar-refractivity contribution is 5.03. The number of nitrogens with zero attached hydrogens (tertiary/aromatic N) is 3. The fourth-order valence-corrected chi connectivity index (χ4v) is 1.47. The second-order valence-electron chi connectivity index (χ2n) is 3.75. The summed E-state index contributed by atoms with van der Waals surface area (Å²) in [5.74, 6) is 0.124. The SMILES string of the molecule is CCC(C#N)CN(C)Cc1ccccn1. The summed E-state index contributed by atoms with van der Waals surface area (Å²) in [6.07, 6.45) is 2.70. The Morgan fingerprint density at radius 1 is 1.53 bits per heavy atom. The van der Waals surface area contributed by atoms with Crippen LogP contribution in [0, 0.1) is 17.2 Å². The molecule has 0 aliphatic heterocycles. The van der Waals surface area contributed by atoms with Crippen molar-refractivity contribution in [1.82, 2.24) is 9.88 Å². The lowest BCUT2D eigenvalue weighted by atomic mass is 10.1. The average Bonchev–Trinajstić information content (AvgIpc) is 2.27. The van der Waals surface area contributed by atoms with Crippen molar-refractivity contribution in [3.05, 3.63) is 30.1 Å². The summed E-state index contributed by atoms with van der Waals surface area (Å²) in [6, 6.07) is 8.20. The minimum atomic E-state index is 0.124. The van der Waals surface area contributed by atoms with Crippen LogP contribution in [0.2, 0.25) is 0 Å². The lowest BCUT2D eigenvalue weighted by Gasteiger charge is -2.18. The zero-order chi connectivity index (χ0) is 11.1. The van der Waals surface area contributed by atoms with Crippen molar-refractivity contribution in [2.24, 2.45) is 5.92 Å². The van der Waals surface area contributed by atoms with E-state index in [0.29, 0.717) is 0 Å². The molecule has 0 amide bonds. The second-order valence-corrected chi connectivity index (χ2v) is 3.75. The Bertz CT molecular complexity index is 315. The van der Waals surface area contributed by atoms with Gasteiger partial charge in [-0.2, -0.15) is 5.26 Å². The normalized spacial score (nSPS) is 12.4. The third-order valence-electron chi connectivity index (χ3n) is 2.37. The van der Waals surface area contributed by atoms with Crippen molar-refractivity contribution in [1.29, 1.82) is 5.26 Å². The molecule has 1 aromatic heterocycles. The van der Waals surface area contributed by atoms with Crippen molar-refractivity contribution in [2.45, 2.75) is 19.9 Å². The first-order chi connectivity index (χ1) is 7.26. The lowest BCUT2D eigenvalue weighted by Crippen LogP contribution is -2.24. The molecule has 3 nitrogen and oxygen atoms in total. The van der Waals surface area contributed by atoms with E-state index in [9.17, 15) is 0 Å². The van der Waals surface area contributed by atoms with Crippen LogP contribution in [0.4, 0.5) is 0 Å². The Morgan fingerprint density at radius 2 is 2.33 bits per heavy atom. The van der Waals surface area contributed by atoms with Crippen LogP contribution in [0.25, 0.3) is 0 Å². The van der Waals surface area contributed by atoms with Gasteiger partial charge in [0.2, 0.25) is 0 Å². The van der Waals surface area contributed by atoms with Gasteiger partial charge in [-0.3, -0.25) is 9.88 Å². The monoisotopic (exact) mass is 203 g/mol. The van der Waals surface area contributed by atoms with Gasteiger partial charge >= 0.3 is 0 Å². The van der Waals surface area contributed by atoms with Gasteiger partial charge in [-0.1, -0.05) is 13.0 Å². The topological polar surface area (TPSA) is 39.9 Å². The molecule has 3 heteroatoms. The summed E-state index contributed by atoms with van der Waals surface area (Å²) < 4.78 is 0. The van der Waals surface area contributed by atoms with E-state index in [-0.39, 0.29) is 5.92 Å². The summed E-state index contributed by atoms with van der Waals surface area (Å²) in [4.78, 5) is 6.39. The van der Waals surface area contributed by atoms with Crippen LogP contribution in [-0.2, 0) is 6.54 Å². The van der Waals surface area contributed by atoms with Crippen LogP contribution in [0.15, 0.2) is 24.4 Å². The predicted molar refractivity (Wildman–Crippen MR) is 60.0 cm³/mol. The van der Waals surface area contributed by atoms with Crippen LogP contribution >= 0.6 is 0 Å². The summed E-state index contributed by atoms with van der Waals surface area (Å²) >= 11 is 0. The van der Waals surface area contributed by atoms with Crippen LogP contribution in [0.3, 0.4) is 0 Å². The molecule has 1 rings (SSSR count). The van der Waals surface area contributed by atoms with Gasteiger partial charge in [0.25, 0.3) is 0 Å². The Balaban J connectivity index is 2.43. The van der Waals surface area contributed by atoms with E-state index < -0.39 is 0 Å². The third kappa shape index (κ3) is 4.09. The van der Waals surface area contributed by atoms with Gasteiger partial charge in [-0.15, -0.1) is 0 Å². The van der Waals surface area contributed by atoms with Crippen molar-refractivity contribution >= 4 is 0 Å². The molecule has 0 aliphatic carbocycles. The first-order valence-corrected chi connectivity index (χ1v) is 5.24. The van der Waals surface area contributed by atoms with Gasteiger partial charge in [0, 0.05) is 19.3 Å². The smallest absolute Gasteiger partial charge is 0.0669 e. The summed E-state index contributed by atoms with van der Waals surface area (Å²) in [6.45, 7) is 3.66. The van der Waals surface area contributed by atoms with Crippen molar-refractivity contribution in [3.8, 4) is 6.07 Å². The van der Waals surface area contributed by atoms with Gasteiger partial charge in [-0.25, -0.2) is 0 Å². The van der Waals surface area contributed by atoms with Gasteiger partial charge in [0.15, 0.2) is 0 Å². The van der Waals surface area contributed by atoms with E-state index in [2.05, 4.69) is 16.0 Å². The molecular weight excluding hydrogens is 186 g/mol. The number of aromatic nitrogens is 1. The number of pyridine rings is 1. The van der Waals surface area contributed by atoms with E-state index >= 15 is 0 Å². The Labute approximate surface area is 91.4 Å². The van der Waals surface area contributed by atoms with E-state index in [0.717, 1.165) is 25.2 Å². The van der Waals surface area contributed by atoms with Gasteiger partial charge in [0.1, 0.15) is 0 Å². The van der Waals surface area contributed by atoms with E-state index in [1.165, 1.54) is 0 Å². The molecule has 0 bridgehead atoms. The Kier molecular flexibility index (Phi) is 4.79. The highest BCUT2D eigenvalue weighted by atomic mass is 15.1. The predicted octanol–water partition coefficient (Wildman–Crippen LogP) is 2.06. The fourth-order valence-electron chi connectivity index (χ4n) is 1.47. The number of hydrogen-bond donors (Lipinski definition) is 0. The molecule has 0 aliphatic rings. The highest BCUT2D eigenvalue weighted by Crippen LogP contribution is 2.05. The molecule has 0 aromatic carbocycles. The number of hydrogen-bond acceptors (Lipinski definition) is 3. The molecule has 15 heavy (non-hydrogen) atoms. The minimum absolute atomic E-state index is 0.124. The van der Waals surface area contributed by atoms with Crippen molar-refractivity contribution in [2.75, 3.05) is 13.6 Å². The quantitative estimate of drug-likeness (QED) is 0.735. The molecule has 0 saturated carbocycles. The van der Waals surface area contributed by atoms with E-state index in [1.54, 1.807) is 6.20 Å². The molecule has 0 spiro atoms. The van der Waals surface area contributed by atoms with Gasteiger partial charge in [-0.05, 0) is 25.6 Å². The van der Waals surface area contributed by atoms with Gasteiger partial charge < -0.3 is 0 Å². The van der Waals surface area contributed by atoms with E-state index in [4.69, 9.17) is 5.26 Å². The molecule has 1 atom stereocenters. The highest BCUT2D eigenvalue weighted by Gasteiger charge is 2.08. The summed E-state index contributed by atoms with van der Waals surface area (Å²) in [5, 5.41) is 8.85. The Hall–Kier alpha value is -1.40. The fraction of sp³-hybridized carbons (Fsp3) is 0.500. The third-order valence-corrected chi connectivity index (χ3v) is 2.37. The van der Waals surface area contributed by atoms with Crippen LogP contribution in [0.5, 0.6) is 0 Å². The van der Waals surface area contributed by atoms with Crippen molar-refractivity contribution in [3.63, 3.8) is 0 Å². The van der Waals surface area contributed by atoms with Crippen molar-refractivity contribution < 1.29 is 0 Å². The van der Waals surface area contributed by atoms with Crippen LogP contribution in [0.1, 0.15) is 19.0 Å². The molecule has 0 saturated heterocycles.